The van der Waals surface area contributed by atoms with Gasteiger partial charge in [-0.25, -0.2) is 145 Å². The third-order valence-electron chi connectivity index (χ3n) is 19.3. The highest BCUT2D eigenvalue weighted by Gasteiger charge is 2.55. The molecule has 0 unspecified atom stereocenters. The average Bonchev–Trinajstić information content (AvgIpc) is 0.847. The Morgan fingerprint density at radius 1 is 0.221 bits per heavy atom. The number of benzene rings is 6. The van der Waals surface area contributed by atoms with Crippen LogP contribution in [0.4, 0.5) is 114 Å². The molecule has 6 amide bonds. The first-order chi connectivity index (χ1) is 54.6. The van der Waals surface area contributed by atoms with Crippen molar-refractivity contribution in [2.24, 2.45) is 32.5 Å². The molecule has 684 valence electrons. The number of hydrogen-bond donors (Lipinski definition) is 6. The summed E-state index contributed by atoms with van der Waals surface area (Å²) in [6.07, 6.45) is 0. The van der Waals surface area contributed by atoms with E-state index in [1.54, 1.807) is 0 Å². The molecule has 18 nitrogen and oxygen atoms in total. The molecule has 0 bridgehead atoms. The highest BCUT2D eigenvalue weighted by atomic mass is 19.3. The lowest BCUT2D eigenvalue weighted by molar-refractivity contribution is -0.197. The Morgan fingerprint density at radius 3 is 0.795 bits per heavy atom. The second kappa shape index (κ2) is 41.5. The molecule has 0 aromatic heterocycles. The fourth-order valence-electron chi connectivity index (χ4n) is 8.48. The van der Waals surface area contributed by atoms with E-state index in [-0.39, 0.29) is 65.7 Å². The molecule has 0 atom stereocenters. The van der Waals surface area contributed by atoms with Gasteiger partial charge >= 0.3 is 0 Å². The van der Waals surface area contributed by atoms with Crippen molar-refractivity contribution in [3.63, 3.8) is 0 Å². The van der Waals surface area contributed by atoms with Gasteiger partial charge in [0.05, 0.1) is 39.3 Å². The summed E-state index contributed by atoms with van der Waals surface area (Å²) in [5, 5.41) is 57.2. The normalized spacial score (nSPS) is 12.4. The summed E-state index contributed by atoms with van der Waals surface area (Å²) in [5.74, 6) is -45.3. The van der Waals surface area contributed by atoms with Crippen LogP contribution in [0.15, 0.2) is 97.1 Å². The number of halogens is 26. The monoisotopic (exact) mass is 1790 g/mol. The van der Waals surface area contributed by atoms with Crippen LogP contribution in [-0.2, 0) is 68.0 Å². The highest BCUT2D eigenvalue weighted by Crippen LogP contribution is 2.43. The maximum absolute atomic E-state index is 13.4. The standard InChI is InChI=1S/3C13H14F5NO2.2C13H15F4NO2.C13H16F3NO2/c1-12(2,13(3,17)18)11(20)19(21)6-7-4-9(15)10(16)5-8(7)14;1-12(2,13(3,17)18)11(20)19(21)6-7-4-8(14)5-9(15)10(7)16;1-12(2,13(3,17)18)11(20)19(21)6-7-4-8(14)10(16)9(15)5-7;1-12(2,13(3,16)17)11(19)18(20)7-8-4-5-9(14)6-10(8)15;1-12(2,13(3,16)17)11(19)18(20)7-8-4-5-9(14)10(15)6-8;1-12(2,13(3,15)16)11(18)17(19)8-9-4-6-10(14)7-5-9/h3*4-5,21H,6H2,1-3H3;2*4-6,20H,7H2,1-3H3;4-7,19H,8H2,1-3H3. The minimum atomic E-state index is -3.46. The molecular formula is C78H88F26N6O12. The molecule has 0 fully saturated rings. The van der Waals surface area contributed by atoms with E-state index < -0.39 is 229 Å². The molecule has 122 heavy (non-hydrogen) atoms. The van der Waals surface area contributed by atoms with E-state index in [4.69, 9.17) is 0 Å². The van der Waals surface area contributed by atoms with Crippen LogP contribution >= 0.6 is 0 Å². The van der Waals surface area contributed by atoms with E-state index in [0.29, 0.717) is 77.4 Å². The van der Waals surface area contributed by atoms with E-state index in [1.165, 1.54) is 12.1 Å². The van der Waals surface area contributed by atoms with Gasteiger partial charge in [0.15, 0.2) is 52.4 Å². The van der Waals surface area contributed by atoms with Gasteiger partial charge in [0.2, 0.25) is 0 Å². The van der Waals surface area contributed by atoms with Gasteiger partial charge in [-0.3, -0.25) is 60.0 Å². The first-order valence-corrected chi connectivity index (χ1v) is 35.0. The first kappa shape index (κ1) is 110. The largest absolute Gasteiger partial charge is 0.286 e. The Labute approximate surface area is 681 Å². The summed E-state index contributed by atoms with van der Waals surface area (Å²) in [6, 6.07) is 13.0. The van der Waals surface area contributed by atoms with Gasteiger partial charge in [0.1, 0.15) is 61.6 Å². The zero-order chi connectivity index (χ0) is 96.0. The molecule has 0 aliphatic carbocycles. The second-order valence-electron chi connectivity index (χ2n) is 31.0. The van der Waals surface area contributed by atoms with Gasteiger partial charge in [-0.15, -0.1) is 0 Å². The van der Waals surface area contributed by atoms with Crippen molar-refractivity contribution in [1.82, 2.24) is 30.4 Å². The van der Waals surface area contributed by atoms with Crippen molar-refractivity contribution in [2.45, 2.75) is 199 Å². The Bertz CT molecular complexity index is 4600. The fourth-order valence-corrected chi connectivity index (χ4v) is 8.48. The Hall–Kier alpha value is -9.92. The molecule has 0 spiro atoms. The third kappa shape index (κ3) is 29.1. The molecule has 0 heterocycles. The molecule has 6 rings (SSSR count). The zero-order valence-electron chi connectivity index (χ0n) is 68.1. The van der Waals surface area contributed by atoms with Gasteiger partial charge in [-0.1, -0.05) is 24.3 Å². The van der Waals surface area contributed by atoms with Crippen molar-refractivity contribution in [3.8, 4) is 0 Å². The summed E-state index contributed by atoms with van der Waals surface area (Å²) in [6.45, 7) is 10.7. The van der Waals surface area contributed by atoms with Crippen molar-refractivity contribution < 1.29 is 174 Å². The third-order valence-corrected chi connectivity index (χ3v) is 19.3. The molecule has 0 saturated heterocycles. The van der Waals surface area contributed by atoms with Crippen LogP contribution in [0.1, 0.15) is 158 Å². The predicted molar refractivity (Wildman–Crippen MR) is 378 cm³/mol. The maximum Gasteiger partial charge on any atom is 0.259 e. The van der Waals surface area contributed by atoms with E-state index >= 15 is 0 Å². The minimum Gasteiger partial charge on any atom is -0.286 e. The topological polar surface area (TPSA) is 243 Å². The summed E-state index contributed by atoms with van der Waals surface area (Å²) in [7, 11) is 0. The number of carbonyl (C=O) groups is 6. The minimum absolute atomic E-state index is 0.00767. The van der Waals surface area contributed by atoms with Crippen LogP contribution in [0.3, 0.4) is 0 Å². The number of amides is 6. The predicted octanol–water partition coefficient (Wildman–Crippen LogP) is 20.5. The van der Waals surface area contributed by atoms with Crippen LogP contribution in [0.2, 0.25) is 0 Å². The zero-order valence-corrected chi connectivity index (χ0v) is 68.1. The SMILES string of the molecule is CC(F)(F)C(C)(C)C(=O)N(O)Cc1cc(F)c(F)c(F)c1.CC(F)(F)C(C)(C)C(=O)N(O)Cc1cc(F)c(F)cc1F.CC(F)(F)C(C)(C)C(=O)N(O)Cc1cc(F)cc(F)c1F.CC(F)(F)C(C)(C)C(=O)N(O)Cc1ccc(F)c(F)c1.CC(F)(F)C(C)(C)C(=O)N(O)Cc1ccc(F)cc1.CC(F)(F)C(C)(C)C(=O)N(O)Cc1ccc(F)cc1F. The Kier molecular flexibility index (Phi) is 37.5. The molecule has 0 aliphatic rings. The number of hydroxylamine groups is 12. The summed E-state index contributed by atoms with van der Waals surface area (Å²) in [5.41, 5.74) is -14.2. The van der Waals surface area contributed by atoms with Gasteiger partial charge in [0, 0.05) is 76.4 Å². The van der Waals surface area contributed by atoms with E-state index in [0.717, 1.165) is 126 Å². The molecule has 6 aromatic carbocycles. The molecule has 6 N–H and O–H groups in total. The van der Waals surface area contributed by atoms with Gasteiger partial charge < -0.3 is 0 Å². The summed E-state index contributed by atoms with van der Waals surface area (Å²) >= 11 is 0. The van der Waals surface area contributed by atoms with Crippen molar-refractivity contribution in [1.29, 1.82) is 0 Å². The summed E-state index contributed by atoms with van der Waals surface area (Å²) < 4.78 is 341. The van der Waals surface area contributed by atoms with Gasteiger partial charge in [-0.05, 0) is 154 Å². The van der Waals surface area contributed by atoms with Crippen molar-refractivity contribution >= 4 is 35.4 Å². The number of carbonyl (C=O) groups excluding carboxylic acids is 6. The fraction of sp³-hybridized carbons (Fsp3) is 0.462. The number of rotatable bonds is 24. The van der Waals surface area contributed by atoms with E-state index in [9.17, 15) is 174 Å². The number of alkyl halides is 12. The molecule has 44 heteroatoms. The lowest BCUT2D eigenvalue weighted by Gasteiger charge is -2.32. The molecule has 6 aromatic rings. The molecular weight excluding hydrogens is 1710 g/mol. The Balaban J connectivity index is 0.000000732. The molecule has 0 saturated carbocycles. The lowest BCUT2D eigenvalue weighted by atomic mass is 9.85. The van der Waals surface area contributed by atoms with Crippen LogP contribution in [-0.4, -0.2) is 133 Å². The van der Waals surface area contributed by atoms with Crippen LogP contribution < -0.4 is 0 Å². The Morgan fingerprint density at radius 2 is 0.467 bits per heavy atom. The molecule has 0 aliphatic heterocycles. The number of hydrogen-bond acceptors (Lipinski definition) is 12. The lowest BCUT2D eigenvalue weighted by Crippen LogP contribution is -2.48. The van der Waals surface area contributed by atoms with E-state index in [1.807, 2.05) is 0 Å². The quantitative estimate of drug-likeness (QED) is 0.0109. The van der Waals surface area contributed by atoms with Crippen LogP contribution in [0.5, 0.6) is 0 Å². The average molecular weight is 1800 g/mol. The van der Waals surface area contributed by atoms with Crippen molar-refractivity contribution in [2.75, 3.05) is 0 Å². The molecule has 0 radical (unpaired) electrons. The van der Waals surface area contributed by atoms with Gasteiger partial charge in [-0.2, -0.15) is 0 Å². The van der Waals surface area contributed by atoms with Gasteiger partial charge in [0.25, 0.3) is 71.0 Å². The maximum atomic E-state index is 13.4. The smallest absolute Gasteiger partial charge is 0.259 e. The second-order valence-corrected chi connectivity index (χ2v) is 31.0. The first-order valence-electron chi connectivity index (χ1n) is 35.0. The summed E-state index contributed by atoms with van der Waals surface area (Å²) in [4.78, 5) is 70.7. The van der Waals surface area contributed by atoms with Crippen LogP contribution in [0, 0.1) is 114 Å². The van der Waals surface area contributed by atoms with E-state index in [2.05, 4.69) is 0 Å². The van der Waals surface area contributed by atoms with Crippen LogP contribution in [0.25, 0.3) is 0 Å². The van der Waals surface area contributed by atoms with Crippen molar-refractivity contribution in [3.05, 3.63) is 212 Å². The highest BCUT2D eigenvalue weighted by molar-refractivity contribution is 5.84. The number of nitrogens with zero attached hydrogens (tertiary/aromatic N) is 6.